The molecule has 6 nitrogen and oxygen atoms in total. The molecular formula is C14H15F4N5O. The zero-order chi connectivity index (χ0) is 17.4. The summed E-state index contributed by atoms with van der Waals surface area (Å²) in [7, 11) is 3.55. The number of halogens is 4. The van der Waals surface area contributed by atoms with Crippen molar-refractivity contribution in [3.05, 3.63) is 29.4 Å². The minimum absolute atomic E-state index is 0.0786. The summed E-state index contributed by atoms with van der Waals surface area (Å²) in [6, 6.07) is 0. The maximum Gasteiger partial charge on any atom is 0.265 e. The Balaban J connectivity index is 1.76. The molecule has 0 unspecified atom stereocenters. The number of hydrogen-bond acceptors (Lipinski definition) is 6. The van der Waals surface area contributed by atoms with Crippen molar-refractivity contribution < 1.29 is 22.1 Å². The van der Waals surface area contributed by atoms with Crippen LogP contribution in [0, 0.1) is 23.5 Å². The lowest BCUT2D eigenvalue weighted by molar-refractivity contribution is 0.327. The Bertz CT molecular complexity index is 717. The van der Waals surface area contributed by atoms with Crippen LogP contribution in [0.15, 0.2) is 4.52 Å². The van der Waals surface area contributed by atoms with Crippen molar-refractivity contribution in [1.82, 2.24) is 15.1 Å². The quantitative estimate of drug-likeness (QED) is 0.629. The van der Waals surface area contributed by atoms with Gasteiger partial charge in [0.15, 0.2) is 0 Å². The first-order chi connectivity index (χ1) is 11.4. The molecule has 1 aliphatic heterocycles. The summed E-state index contributed by atoms with van der Waals surface area (Å²) in [6.07, 6.45) is 0.916. The summed E-state index contributed by atoms with van der Waals surface area (Å²) in [6.45, 7) is 0.391. The molecule has 10 heteroatoms. The molecular weight excluding hydrogens is 330 g/mol. The molecule has 2 aromatic heterocycles. The summed E-state index contributed by atoms with van der Waals surface area (Å²) in [5.41, 5.74) is -0.724. The molecule has 2 aromatic rings. The van der Waals surface area contributed by atoms with E-state index >= 15 is 0 Å². The van der Waals surface area contributed by atoms with Crippen LogP contribution in [0.5, 0.6) is 0 Å². The Morgan fingerprint density at radius 2 is 1.58 bits per heavy atom. The largest absolute Gasteiger partial charge is 0.366 e. The highest BCUT2D eigenvalue weighted by atomic mass is 19.2. The molecule has 0 bridgehead atoms. The fourth-order valence-electron chi connectivity index (χ4n) is 2.68. The van der Waals surface area contributed by atoms with E-state index in [2.05, 4.69) is 15.1 Å². The second kappa shape index (κ2) is 6.25. The third-order valence-electron chi connectivity index (χ3n) is 3.97. The Hall–Kier alpha value is -2.39. The molecule has 0 spiro atoms. The van der Waals surface area contributed by atoms with E-state index in [0.717, 1.165) is 0 Å². The predicted octanol–water partition coefficient (Wildman–Crippen LogP) is 2.47. The molecule has 1 aliphatic rings. The topological polar surface area (TPSA) is 58.3 Å². The summed E-state index contributed by atoms with van der Waals surface area (Å²) in [5.74, 6) is -5.49. The SMILES string of the molecule is CN(C)c1noc(C2CCN(c3c(F)c(F)nc(F)c3F)CC2)n1. The van der Waals surface area contributed by atoms with Gasteiger partial charge in [0.2, 0.25) is 17.5 Å². The zero-order valence-electron chi connectivity index (χ0n) is 13.1. The van der Waals surface area contributed by atoms with E-state index in [-0.39, 0.29) is 19.0 Å². The highest BCUT2D eigenvalue weighted by Crippen LogP contribution is 2.33. The smallest absolute Gasteiger partial charge is 0.265 e. The van der Waals surface area contributed by atoms with Crippen LogP contribution < -0.4 is 9.80 Å². The first-order valence-corrected chi connectivity index (χ1v) is 7.34. The third-order valence-corrected chi connectivity index (χ3v) is 3.97. The lowest BCUT2D eigenvalue weighted by Crippen LogP contribution is -2.35. The number of rotatable bonds is 3. The average molecular weight is 345 g/mol. The number of piperidine rings is 1. The van der Waals surface area contributed by atoms with Crippen molar-refractivity contribution in [2.75, 3.05) is 37.0 Å². The van der Waals surface area contributed by atoms with Crippen molar-refractivity contribution in [2.45, 2.75) is 18.8 Å². The molecule has 0 saturated carbocycles. The predicted molar refractivity (Wildman–Crippen MR) is 76.9 cm³/mol. The first-order valence-electron chi connectivity index (χ1n) is 7.34. The van der Waals surface area contributed by atoms with Gasteiger partial charge in [-0.3, -0.25) is 0 Å². The van der Waals surface area contributed by atoms with Crippen molar-refractivity contribution >= 4 is 11.6 Å². The van der Waals surface area contributed by atoms with Gasteiger partial charge in [-0.25, -0.2) is 0 Å². The minimum Gasteiger partial charge on any atom is -0.366 e. The summed E-state index contributed by atoms with van der Waals surface area (Å²) < 4.78 is 59.3. The van der Waals surface area contributed by atoms with Crippen LogP contribution in [0.1, 0.15) is 24.7 Å². The van der Waals surface area contributed by atoms with E-state index in [1.807, 2.05) is 0 Å². The van der Waals surface area contributed by atoms with Gasteiger partial charge in [0, 0.05) is 33.1 Å². The van der Waals surface area contributed by atoms with Gasteiger partial charge in [0.1, 0.15) is 5.69 Å². The van der Waals surface area contributed by atoms with E-state index in [9.17, 15) is 17.6 Å². The molecule has 3 rings (SSSR count). The monoisotopic (exact) mass is 345 g/mol. The lowest BCUT2D eigenvalue weighted by Gasteiger charge is -2.32. The molecule has 0 atom stereocenters. The van der Waals surface area contributed by atoms with Crippen LogP contribution in [-0.4, -0.2) is 42.3 Å². The van der Waals surface area contributed by atoms with Crippen LogP contribution in [-0.2, 0) is 0 Å². The van der Waals surface area contributed by atoms with Gasteiger partial charge < -0.3 is 14.3 Å². The molecule has 0 N–H and O–H groups in total. The number of nitrogens with zero attached hydrogens (tertiary/aromatic N) is 5. The van der Waals surface area contributed by atoms with Crippen LogP contribution in [0.4, 0.5) is 29.2 Å². The molecule has 0 aliphatic carbocycles. The molecule has 1 fully saturated rings. The molecule has 3 heterocycles. The normalized spacial score (nSPS) is 15.8. The Morgan fingerprint density at radius 3 is 2.08 bits per heavy atom. The highest BCUT2D eigenvalue weighted by molar-refractivity contribution is 5.49. The molecule has 130 valence electrons. The molecule has 24 heavy (non-hydrogen) atoms. The maximum atomic E-state index is 13.8. The summed E-state index contributed by atoms with van der Waals surface area (Å²) in [5, 5.41) is 3.82. The third kappa shape index (κ3) is 2.87. The number of aromatic nitrogens is 3. The van der Waals surface area contributed by atoms with E-state index < -0.39 is 29.2 Å². The first kappa shape index (κ1) is 16.5. The van der Waals surface area contributed by atoms with Crippen LogP contribution in [0.2, 0.25) is 0 Å². The van der Waals surface area contributed by atoms with Crippen molar-refractivity contribution in [3.8, 4) is 0 Å². The molecule has 0 aromatic carbocycles. The van der Waals surface area contributed by atoms with Gasteiger partial charge in [-0.1, -0.05) is 0 Å². The fourth-order valence-corrected chi connectivity index (χ4v) is 2.68. The lowest BCUT2D eigenvalue weighted by atomic mass is 9.96. The van der Waals surface area contributed by atoms with Gasteiger partial charge in [-0.15, -0.1) is 0 Å². The second-order valence-electron chi connectivity index (χ2n) is 5.76. The van der Waals surface area contributed by atoms with E-state index in [1.54, 1.807) is 19.0 Å². The fraction of sp³-hybridized carbons (Fsp3) is 0.500. The molecule has 1 saturated heterocycles. The van der Waals surface area contributed by atoms with Gasteiger partial charge in [-0.05, 0) is 18.0 Å². The summed E-state index contributed by atoms with van der Waals surface area (Å²) in [4.78, 5) is 9.76. The zero-order valence-corrected chi connectivity index (χ0v) is 13.1. The number of hydrogen-bond donors (Lipinski definition) is 0. The Labute approximate surface area is 135 Å². The van der Waals surface area contributed by atoms with Gasteiger partial charge >= 0.3 is 0 Å². The van der Waals surface area contributed by atoms with Crippen LogP contribution in [0.25, 0.3) is 0 Å². The van der Waals surface area contributed by atoms with Crippen molar-refractivity contribution in [1.29, 1.82) is 0 Å². The Morgan fingerprint density at radius 1 is 1.00 bits per heavy atom. The standard InChI is InChI=1S/C14H15F4N5O/c1-22(2)14-20-13(24-21-14)7-3-5-23(6-4-7)10-8(15)11(17)19-12(18)9(10)16/h7H,3-6H2,1-2H3. The van der Waals surface area contributed by atoms with E-state index in [4.69, 9.17) is 4.52 Å². The highest BCUT2D eigenvalue weighted by Gasteiger charge is 2.31. The van der Waals surface area contributed by atoms with Crippen LogP contribution in [0.3, 0.4) is 0 Å². The number of anilines is 2. The van der Waals surface area contributed by atoms with Crippen molar-refractivity contribution in [3.63, 3.8) is 0 Å². The summed E-state index contributed by atoms with van der Waals surface area (Å²) >= 11 is 0. The molecule has 0 amide bonds. The second-order valence-corrected chi connectivity index (χ2v) is 5.76. The average Bonchev–Trinajstić information content (AvgIpc) is 3.04. The minimum atomic E-state index is -1.65. The van der Waals surface area contributed by atoms with Crippen LogP contribution >= 0.6 is 0 Å². The Kier molecular flexibility index (Phi) is 4.29. The maximum absolute atomic E-state index is 13.8. The van der Waals surface area contributed by atoms with Gasteiger partial charge in [0.05, 0.1) is 0 Å². The van der Waals surface area contributed by atoms with Gasteiger partial charge in [-0.2, -0.15) is 27.5 Å². The molecule has 0 radical (unpaired) electrons. The van der Waals surface area contributed by atoms with E-state index in [0.29, 0.717) is 24.7 Å². The van der Waals surface area contributed by atoms with E-state index in [1.165, 1.54) is 4.90 Å². The van der Waals surface area contributed by atoms with Gasteiger partial charge in [0.25, 0.3) is 17.8 Å². The number of pyridine rings is 1. The van der Waals surface area contributed by atoms with Crippen molar-refractivity contribution in [2.24, 2.45) is 0 Å².